The van der Waals surface area contributed by atoms with Crippen molar-refractivity contribution in [3.8, 4) is 50.2 Å². The molecule has 0 unspecified atom stereocenters. The van der Waals surface area contributed by atoms with Gasteiger partial charge in [-0.25, -0.2) is 0 Å². The van der Waals surface area contributed by atoms with Gasteiger partial charge < -0.3 is 13.9 Å². The van der Waals surface area contributed by atoms with Crippen LogP contribution >= 0.6 is 0 Å². The van der Waals surface area contributed by atoms with Gasteiger partial charge in [-0.1, -0.05) is 182 Å². The fourth-order valence-corrected chi connectivity index (χ4v) is 10.4. The molecule has 13 aromatic rings. The molecule has 0 saturated heterocycles. The molecule has 67 heavy (non-hydrogen) atoms. The molecule has 0 aliphatic heterocycles. The summed E-state index contributed by atoms with van der Waals surface area (Å²) >= 11 is 0. The molecule has 0 aliphatic carbocycles. The number of nitrogens with zero attached hydrogens (tertiary/aromatic N) is 2. The Hall–Kier alpha value is -8.92. The Morgan fingerprint density at radius 3 is 1.72 bits per heavy atom. The van der Waals surface area contributed by atoms with E-state index < -0.39 is 0 Å². The second-order valence-electron chi connectivity index (χ2n) is 17.2. The molecule has 3 nitrogen and oxygen atoms in total. The fraction of sp³-hybridized carbons (Fsp3) is 0. The second-order valence-corrected chi connectivity index (χ2v) is 17.2. The van der Waals surface area contributed by atoms with Crippen molar-refractivity contribution in [1.29, 1.82) is 0 Å². The number of aromatic nitrogens is 1. The highest BCUT2D eigenvalue weighted by Gasteiger charge is 2.23. The first-order valence-electron chi connectivity index (χ1n) is 22.9. The van der Waals surface area contributed by atoms with E-state index in [0.717, 1.165) is 72.5 Å². The molecule has 0 fully saturated rings. The molecule has 13 rings (SSSR count). The van der Waals surface area contributed by atoms with Crippen molar-refractivity contribution in [2.45, 2.75) is 0 Å². The third-order valence-corrected chi connectivity index (χ3v) is 13.4. The SMILES string of the molecule is c1ccc(-c2cccc3cccc(-c4ccccc4N(c4cccc(-c5ccc6c(c5)c5ccccc5n6-c5ccccc5)c4)c4ccccc4-c4ccc5oc6ccccc6c5c4)c23)cc1. The zero-order valence-corrected chi connectivity index (χ0v) is 36.6. The van der Waals surface area contributed by atoms with E-state index in [1.807, 2.05) is 12.1 Å². The van der Waals surface area contributed by atoms with Crippen molar-refractivity contribution in [2.24, 2.45) is 0 Å². The van der Waals surface area contributed by atoms with Gasteiger partial charge >= 0.3 is 0 Å². The van der Waals surface area contributed by atoms with Crippen LogP contribution in [0.15, 0.2) is 259 Å². The monoisotopic (exact) mass is 854 g/mol. The van der Waals surface area contributed by atoms with Gasteiger partial charge in [0, 0.05) is 44.0 Å². The molecule has 11 aromatic carbocycles. The summed E-state index contributed by atoms with van der Waals surface area (Å²) in [7, 11) is 0. The van der Waals surface area contributed by atoms with Gasteiger partial charge in [0.1, 0.15) is 11.2 Å². The summed E-state index contributed by atoms with van der Waals surface area (Å²) in [4.78, 5) is 2.47. The molecule has 0 atom stereocenters. The lowest BCUT2D eigenvalue weighted by Crippen LogP contribution is -2.12. The molecule has 0 bridgehead atoms. The summed E-state index contributed by atoms with van der Waals surface area (Å²) in [5.41, 5.74) is 17.8. The molecule has 0 N–H and O–H groups in total. The highest BCUT2D eigenvalue weighted by Crippen LogP contribution is 2.48. The fourth-order valence-electron chi connectivity index (χ4n) is 10.4. The summed E-state index contributed by atoms with van der Waals surface area (Å²) in [6, 6.07) is 92.1. The van der Waals surface area contributed by atoms with Gasteiger partial charge in [-0.3, -0.25) is 0 Å². The van der Waals surface area contributed by atoms with Gasteiger partial charge in [0.2, 0.25) is 0 Å². The number of hydrogen-bond acceptors (Lipinski definition) is 2. The topological polar surface area (TPSA) is 21.3 Å². The normalized spacial score (nSPS) is 11.6. The molecule has 0 aliphatic rings. The van der Waals surface area contributed by atoms with E-state index in [2.05, 4.69) is 252 Å². The second kappa shape index (κ2) is 16.0. The molecule has 0 amide bonds. The largest absolute Gasteiger partial charge is 0.456 e. The maximum atomic E-state index is 6.32. The minimum Gasteiger partial charge on any atom is -0.456 e. The molecule has 2 aromatic heterocycles. The van der Waals surface area contributed by atoms with Crippen LogP contribution in [-0.2, 0) is 0 Å². The molecule has 3 heteroatoms. The van der Waals surface area contributed by atoms with Crippen LogP contribution in [-0.4, -0.2) is 4.57 Å². The Labute approximate surface area is 388 Å². The first-order chi connectivity index (χ1) is 33.2. The number of para-hydroxylation sites is 5. The summed E-state index contributed by atoms with van der Waals surface area (Å²) in [5, 5.41) is 7.10. The molecule has 0 saturated carbocycles. The lowest BCUT2D eigenvalue weighted by atomic mass is 9.90. The van der Waals surface area contributed by atoms with E-state index in [4.69, 9.17) is 4.42 Å². The number of anilines is 3. The molecule has 2 heterocycles. The van der Waals surface area contributed by atoms with Crippen LogP contribution in [0.5, 0.6) is 0 Å². The minimum absolute atomic E-state index is 0.881. The van der Waals surface area contributed by atoms with Crippen LogP contribution in [0, 0.1) is 0 Å². The van der Waals surface area contributed by atoms with Gasteiger partial charge in [0.05, 0.1) is 22.4 Å². The number of hydrogen-bond donors (Lipinski definition) is 0. The van der Waals surface area contributed by atoms with Crippen LogP contribution < -0.4 is 4.90 Å². The van der Waals surface area contributed by atoms with E-state index in [1.54, 1.807) is 0 Å². The summed E-state index contributed by atoms with van der Waals surface area (Å²) in [5.74, 6) is 0. The number of furan rings is 1. The Balaban J connectivity index is 1.04. The predicted molar refractivity (Wildman–Crippen MR) is 282 cm³/mol. The summed E-state index contributed by atoms with van der Waals surface area (Å²) < 4.78 is 8.69. The molecule has 0 radical (unpaired) electrons. The van der Waals surface area contributed by atoms with Crippen molar-refractivity contribution >= 4 is 71.6 Å². The van der Waals surface area contributed by atoms with Crippen LogP contribution in [0.2, 0.25) is 0 Å². The number of fused-ring (bicyclic) bond motifs is 7. The zero-order valence-electron chi connectivity index (χ0n) is 36.6. The predicted octanol–water partition coefficient (Wildman–Crippen LogP) is 18.0. The average molecular weight is 855 g/mol. The van der Waals surface area contributed by atoms with Gasteiger partial charge in [-0.2, -0.15) is 0 Å². The van der Waals surface area contributed by atoms with E-state index >= 15 is 0 Å². The Kier molecular flexibility index (Phi) is 9.17. The average Bonchev–Trinajstić information content (AvgIpc) is 3.94. The van der Waals surface area contributed by atoms with Crippen molar-refractivity contribution < 1.29 is 4.42 Å². The van der Waals surface area contributed by atoms with Gasteiger partial charge in [0.25, 0.3) is 0 Å². The number of rotatable bonds is 8. The van der Waals surface area contributed by atoms with Gasteiger partial charge in [-0.15, -0.1) is 0 Å². The van der Waals surface area contributed by atoms with E-state index in [0.29, 0.717) is 0 Å². The van der Waals surface area contributed by atoms with Crippen LogP contribution in [0.4, 0.5) is 17.1 Å². The minimum atomic E-state index is 0.881. The quantitative estimate of drug-likeness (QED) is 0.152. The molecular formula is C64H42N2O. The molecular weight excluding hydrogens is 813 g/mol. The van der Waals surface area contributed by atoms with Gasteiger partial charge in [-0.05, 0) is 117 Å². The third-order valence-electron chi connectivity index (χ3n) is 13.4. The zero-order chi connectivity index (χ0) is 44.3. The lowest BCUT2D eigenvalue weighted by molar-refractivity contribution is 0.669. The van der Waals surface area contributed by atoms with Crippen LogP contribution in [0.25, 0.3) is 105 Å². The summed E-state index contributed by atoms with van der Waals surface area (Å²) in [6.07, 6.45) is 0. The van der Waals surface area contributed by atoms with Crippen LogP contribution in [0.1, 0.15) is 0 Å². The first-order valence-corrected chi connectivity index (χ1v) is 22.9. The highest BCUT2D eigenvalue weighted by atomic mass is 16.3. The summed E-state index contributed by atoms with van der Waals surface area (Å²) in [6.45, 7) is 0. The third kappa shape index (κ3) is 6.51. The molecule has 314 valence electrons. The van der Waals surface area contributed by atoms with E-state index in [9.17, 15) is 0 Å². The highest BCUT2D eigenvalue weighted by molar-refractivity contribution is 6.12. The van der Waals surface area contributed by atoms with E-state index in [-0.39, 0.29) is 0 Å². The number of benzene rings is 11. The Morgan fingerprint density at radius 1 is 0.313 bits per heavy atom. The molecule has 0 spiro atoms. The van der Waals surface area contributed by atoms with E-state index in [1.165, 1.54) is 49.3 Å². The standard InChI is InChI=1S/C64H42N2O/c1-3-18-43(19-4-1)51-30-16-20-44-21-17-31-55(64(44)51)52-27-8-12-33-59(52)66(58-32-11-7-26-50(58)47-37-39-63-57(42-47)54-29-10-14-35-62(54)67-63)49-25-15-22-45(40-49)46-36-38-61-56(41-46)53-28-9-13-34-60(53)65(61)48-23-5-2-6-24-48/h1-42H. The lowest BCUT2D eigenvalue weighted by Gasteiger charge is -2.30. The van der Waals surface area contributed by atoms with Crippen molar-refractivity contribution in [2.75, 3.05) is 4.90 Å². The maximum absolute atomic E-state index is 6.32. The van der Waals surface area contributed by atoms with Crippen LogP contribution in [0.3, 0.4) is 0 Å². The van der Waals surface area contributed by atoms with Crippen molar-refractivity contribution in [3.63, 3.8) is 0 Å². The Bertz CT molecular complexity index is 3990. The maximum Gasteiger partial charge on any atom is 0.135 e. The van der Waals surface area contributed by atoms with Gasteiger partial charge in [0.15, 0.2) is 0 Å². The smallest absolute Gasteiger partial charge is 0.135 e. The Morgan fingerprint density at radius 2 is 0.881 bits per heavy atom. The first kappa shape index (κ1) is 38.5. The van der Waals surface area contributed by atoms with Crippen molar-refractivity contribution in [3.05, 3.63) is 255 Å². The van der Waals surface area contributed by atoms with Crippen molar-refractivity contribution in [1.82, 2.24) is 4.57 Å².